The summed E-state index contributed by atoms with van der Waals surface area (Å²) in [5.74, 6) is -2.04. The standard InChI is InChI=1S/C11H14N4O5S/c1-11(6-14-4-3-13(2)12-14)9(10(17)18)15-7(16)5-8(15)21(11,19)20/h3-4,8-9H,5-6H2,1-2H3. The van der Waals surface area contributed by atoms with E-state index in [1.165, 1.54) is 16.3 Å². The lowest BCUT2D eigenvalue weighted by Crippen LogP contribution is -2.61. The van der Waals surface area contributed by atoms with Gasteiger partial charge in [0.25, 0.3) is 0 Å². The van der Waals surface area contributed by atoms with Crippen molar-refractivity contribution < 1.29 is 27.8 Å². The maximum atomic E-state index is 12.6. The summed E-state index contributed by atoms with van der Waals surface area (Å²) in [6, 6.07) is -1.50. The first-order valence-electron chi connectivity index (χ1n) is 6.33. The highest BCUT2D eigenvalue weighted by atomic mass is 32.2. The Balaban J connectivity index is 2.08. The van der Waals surface area contributed by atoms with Crippen LogP contribution in [-0.4, -0.2) is 51.3 Å². The van der Waals surface area contributed by atoms with Crippen molar-refractivity contribution in [2.24, 2.45) is 7.05 Å². The fourth-order valence-electron chi connectivity index (χ4n) is 3.09. The summed E-state index contributed by atoms with van der Waals surface area (Å²) in [6.45, 7) is 1.17. The summed E-state index contributed by atoms with van der Waals surface area (Å²) in [7, 11) is -2.17. The Morgan fingerprint density at radius 2 is 2.29 bits per heavy atom. The molecule has 21 heavy (non-hydrogen) atoms. The number of aliphatic carboxylic acids is 1. The van der Waals surface area contributed by atoms with Crippen LogP contribution in [0.5, 0.6) is 0 Å². The van der Waals surface area contributed by atoms with Gasteiger partial charge in [-0.3, -0.25) is 4.79 Å². The van der Waals surface area contributed by atoms with Crippen LogP contribution < -0.4 is 9.79 Å². The minimum atomic E-state index is -3.83. The highest BCUT2D eigenvalue weighted by Crippen LogP contribution is 2.46. The quantitative estimate of drug-likeness (QED) is 0.423. The van der Waals surface area contributed by atoms with E-state index in [4.69, 9.17) is 0 Å². The van der Waals surface area contributed by atoms with Gasteiger partial charge in [0.2, 0.25) is 5.91 Å². The van der Waals surface area contributed by atoms with E-state index in [9.17, 15) is 23.1 Å². The zero-order valence-corrected chi connectivity index (χ0v) is 12.3. The molecule has 1 aromatic rings. The SMILES string of the molecule is C[n+]1ccn(CC2(C)C(C(=O)[O-])N3C(=O)CC3S2(=O)=O)n1. The van der Waals surface area contributed by atoms with Crippen LogP contribution in [0.2, 0.25) is 0 Å². The number of hydrogen-bond donors (Lipinski definition) is 0. The number of carboxylic acids is 1. The van der Waals surface area contributed by atoms with Crippen LogP contribution in [0.1, 0.15) is 13.3 Å². The van der Waals surface area contributed by atoms with Crippen molar-refractivity contribution in [2.75, 3.05) is 0 Å². The molecule has 0 aromatic carbocycles. The summed E-state index contributed by atoms with van der Waals surface area (Å²) in [4.78, 5) is 23.9. The van der Waals surface area contributed by atoms with E-state index in [2.05, 4.69) is 5.21 Å². The largest absolute Gasteiger partial charge is 0.548 e. The molecule has 2 saturated heterocycles. The van der Waals surface area contributed by atoms with Crippen LogP contribution in [0.4, 0.5) is 0 Å². The number of aryl methyl sites for hydroxylation is 1. The van der Waals surface area contributed by atoms with Gasteiger partial charge >= 0.3 is 0 Å². The molecule has 0 aliphatic carbocycles. The first-order valence-corrected chi connectivity index (χ1v) is 7.88. The molecule has 0 spiro atoms. The van der Waals surface area contributed by atoms with Gasteiger partial charge in [-0.05, 0) is 6.92 Å². The fraction of sp³-hybridized carbons (Fsp3) is 0.636. The molecule has 10 heteroatoms. The molecular weight excluding hydrogens is 300 g/mol. The van der Waals surface area contributed by atoms with E-state index in [0.29, 0.717) is 0 Å². The van der Waals surface area contributed by atoms with E-state index in [1.54, 1.807) is 19.4 Å². The van der Waals surface area contributed by atoms with Crippen LogP contribution in [0.15, 0.2) is 12.4 Å². The Labute approximate surface area is 120 Å². The molecule has 3 atom stereocenters. The van der Waals surface area contributed by atoms with Crippen LogP contribution in [0, 0.1) is 0 Å². The number of carboxylic acid groups (broad SMARTS) is 1. The second kappa shape index (κ2) is 4.03. The Kier molecular flexibility index (Phi) is 2.68. The lowest BCUT2D eigenvalue weighted by atomic mass is 9.96. The molecule has 2 fully saturated rings. The van der Waals surface area contributed by atoms with Crippen molar-refractivity contribution in [3.05, 3.63) is 12.4 Å². The summed E-state index contributed by atoms with van der Waals surface area (Å²) >= 11 is 0. The number of nitrogens with zero attached hydrogens (tertiary/aromatic N) is 4. The van der Waals surface area contributed by atoms with Gasteiger partial charge in [-0.2, -0.15) is 0 Å². The van der Waals surface area contributed by atoms with E-state index >= 15 is 0 Å². The van der Waals surface area contributed by atoms with Crippen molar-refractivity contribution in [2.45, 2.75) is 36.1 Å². The molecule has 2 aliphatic heterocycles. The van der Waals surface area contributed by atoms with Gasteiger partial charge < -0.3 is 14.8 Å². The number of rotatable bonds is 3. The lowest BCUT2D eigenvalue weighted by molar-refractivity contribution is -0.732. The van der Waals surface area contributed by atoms with Gasteiger partial charge in [-0.25, -0.2) is 8.42 Å². The minimum Gasteiger partial charge on any atom is -0.548 e. The van der Waals surface area contributed by atoms with Gasteiger partial charge in [-0.15, -0.1) is 9.36 Å². The Morgan fingerprint density at radius 1 is 1.62 bits per heavy atom. The van der Waals surface area contributed by atoms with Crippen LogP contribution in [0.3, 0.4) is 0 Å². The Bertz CT molecular complexity index is 742. The molecule has 9 nitrogen and oxygen atoms in total. The fourth-order valence-corrected chi connectivity index (χ4v) is 5.45. The van der Waals surface area contributed by atoms with Gasteiger partial charge in [0.05, 0.1) is 23.6 Å². The summed E-state index contributed by atoms with van der Waals surface area (Å²) in [6.07, 6.45) is 2.98. The van der Waals surface area contributed by atoms with E-state index in [-0.39, 0.29) is 13.0 Å². The third-order valence-electron chi connectivity index (χ3n) is 4.22. The molecule has 114 valence electrons. The van der Waals surface area contributed by atoms with Gasteiger partial charge in [0.15, 0.2) is 22.2 Å². The van der Waals surface area contributed by atoms with E-state index < -0.39 is 37.9 Å². The second-order valence-electron chi connectivity index (χ2n) is 5.60. The molecular formula is C11H14N4O5S. The smallest absolute Gasteiger partial charge is 0.227 e. The maximum Gasteiger partial charge on any atom is 0.227 e. The van der Waals surface area contributed by atoms with Crippen LogP contribution >= 0.6 is 0 Å². The monoisotopic (exact) mass is 314 g/mol. The number of hydrogen-bond acceptors (Lipinski definition) is 6. The molecule has 2 aliphatic rings. The number of aromatic nitrogens is 3. The molecule has 3 rings (SSSR count). The van der Waals surface area contributed by atoms with Crippen molar-refractivity contribution in [1.82, 2.24) is 14.8 Å². The van der Waals surface area contributed by atoms with Gasteiger partial charge in [0.1, 0.15) is 23.7 Å². The number of carbonyl (C=O) groups excluding carboxylic acids is 2. The predicted octanol–water partition coefficient (Wildman–Crippen LogP) is -3.43. The number of carbonyl (C=O) groups is 2. The molecule has 0 radical (unpaired) electrons. The van der Waals surface area contributed by atoms with Crippen LogP contribution in [0.25, 0.3) is 0 Å². The van der Waals surface area contributed by atoms with E-state index in [0.717, 1.165) is 4.90 Å². The molecule has 1 amide bonds. The molecule has 3 heterocycles. The zero-order valence-electron chi connectivity index (χ0n) is 11.5. The predicted molar refractivity (Wildman–Crippen MR) is 64.8 cm³/mol. The minimum absolute atomic E-state index is 0.158. The number of amides is 1. The molecule has 1 aromatic heterocycles. The Hall–Kier alpha value is -1.97. The Morgan fingerprint density at radius 3 is 2.76 bits per heavy atom. The summed E-state index contributed by atoms with van der Waals surface area (Å²) in [5.41, 5.74) is 0. The highest BCUT2D eigenvalue weighted by molar-refractivity contribution is 7.93. The number of β-lactam (4-membered cyclic amide) rings is 1. The van der Waals surface area contributed by atoms with Crippen LogP contribution in [-0.2, 0) is 33.0 Å². The zero-order chi connectivity index (χ0) is 15.6. The van der Waals surface area contributed by atoms with Crippen molar-refractivity contribution in [3.63, 3.8) is 0 Å². The number of sulfone groups is 1. The van der Waals surface area contributed by atoms with Gasteiger partial charge in [0, 0.05) is 0 Å². The third kappa shape index (κ3) is 1.65. The first-order chi connectivity index (χ1) is 9.68. The normalized spacial score (nSPS) is 33.6. The summed E-state index contributed by atoms with van der Waals surface area (Å²) < 4.78 is 26.4. The van der Waals surface area contributed by atoms with E-state index in [1.807, 2.05) is 0 Å². The average molecular weight is 314 g/mol. The molecule has 0 N–H and O–H groups in total. The lowest BCUT2D eigenvalue weighted by Gasteiger charge is -2.38. The maximum absolute atomic E-state index is 12.6. The third-order valence-corrected chi connectivity index (χ3v) is 6.98. The average Bonchev–Trinajstić information content (AvgIpc) is 2.81. The van der Waals surface area contributed by atoms with Crippen molar-refractivity contribution in [1.29, 1.82) is 0 Å². The number of fused-ring (bicyclic) bond motifs is 1. The van der Waals surface area contributed by atoms with Gasteiger partial charge in [-0.1, -0.05) is 0 Å². The second-order valence-corrected chi connectivity index (χ2v) is 8.16. The van der Waals surface area contributed by atoms with Crippen molar-refractivity contribution >= 4 is 21.7 Å². The van der Waals surface area contributed by atoms with Crippen molar-refractivity contribution in [3.8, 4) is 0 Å². The topological polar surface area (TPSA) is 116 Å². The first kappa shape index (κ1) is 14.0. The molecule has 3 unspecified atom stereocenters. The highest BCUT2D eigenvalue weighted by Gasteiger charge is 2.68. The molecule has 0 bridgehead atoms. The molecule has 0 saturated carbocycles. The summed E-state index contributed by atoms with van der Waals surface area (Å²) in [5, 5.41) is 14.4.